The number of nitrogens with one attached hydrogen (secondary N) is 1. The third-order valence-electron chi connectivity index (χ3n) is 3.87. The summed E-state index contributed by atoms with van der Waals surface area (Å²) in [6.45, 7) is 0.771. The van der Waals surface area contributed by atoms with E-state index in [2.05, 4.69) is 15.5 Å². The summed E-state index contributed by atoms with van der Waals surface area (Å²) < 4.78 is 0. The molecule has 1 saturated carbocycles. The predicted octanol–water partition coefficient (Wildman–Crippen LogP) is 1.63. The Morgan fingerprint density at radius 3 is 2.65 bits per heavy atom. The van der Waals surface area contributed by atoms with Crippen molar-refractivity contribution in [2.45, 2.75) is 44.3 Å². The van der Waals surface area contributed by atoms with Crippen LogP contribution in [0.4, 0.5) is 0 Å². The fourth-order valence-corrected chi connectivity index (χ4v) is 2.63. The van der Waals surface area contributed by atoms with E-state index in [1.165, 1.54) is 0 Å². The highest BCUT2D eigenvalue weighted by atomic mass is 15.5. The second kappa shape index (κ2) is 6.15. The summed E-state index contributed by atoms with van der Waals surface area (Å²) in [6, 6.07) is 10.9. The van der Waals surface area contributed by atoms with Gasteiger partial charge in [-0.15, -0.1) is 0 Å². The minimum atomic E-state index is 0.395. The van der Waals surface area contributed by atoms with Crippen molar-refractivity contribution in [1.82, 2.24) is 20.3 Å². The highest BCUT2D eigenvalue weighted by Crippen LogP contribution is 2.17. The highest BCUT2D eigenvalue weighted by Gasteiger charge is 2.18. The van der Waals surface area contributed by atoms with E-state index in [1.54, 1.807) is 4.80 Å². The minimum absolute atomic E-state index is 0.395. The third-order valence-corrected chi connectivity index (χ3v) is 3.87. The number of hydrogen-bond acceptors (Lipinski definition) is 4. The number of aromatic nitrogens is 3. The molecule has 1 aromatic carbocycles. The summed E-state index contributed by atoms with van der Waals surface area (Å²) >= 11 is 0. The fourth-order valence-electron chi connectivity index (χ4n) is 2.63. The van der Waals surface area contributed by atoms with Gasteiger partial charge in [0, 0.05) is 18.6 Å². The molecule has 3 N–H and O–H groups in total. The molecule has 5 nitrogen and oxygen atoms in total. The Kier molecular flexibility index (Phi) is 4.08. The molecular weight excluding hydrogens is 250 g/mol. The standard InChI is InChI=1S/C15H21N5/c16-12-6-8-13(9-7-12)17-10-14-11-18-20(19-14)15-4-2-1-3-5-15/h1-5,11-13,17H,6-10,16H2. The van der Waals surface area contributed by atoms with Gasteiger partial charge in [-0.2, -0.15) is 15.0 Å². The first-order valence-electron chi connectivity index (χ1n) is 7.27. The Morgan fingerprint density at radius 1 is 1.15 bits per heavy atom. The molecule has 0 radical (unpaired) electrons. The molecule has 3 rings (SSSR count). The molecule has 0 saturated heterocycles. The topological polar surface area (TPSA) is 68.8 Å². The van der Waals surface area contributed by atoms with Crippen molar-refractivity contribution < 1.29 is 0 Å². The van der Waals surface area contributed by atoms with Crippen LogP contribution in [0.5, 0.6) is 0 Å². The summed E-state index contributed by atoms with van der Waals surface area (Å²) in [6.07, 6.45) is 6.39. The van der Waals surface area contributed by atoms with E-state index in [1.807, 2.05) is 36.5 Å². The normalized spacial score (nSPS) is 22.9. The van der Waals surface area contributed by atoms with E-state index >= 15 is 0 Å². The zero-order valence-corrected chi connectivity index (χ0v) is 11.6. The lowest BCUT2D eigenvalue weighted by Gasteiger charge is -2.26. The SMILES string of the molecule is NC1CCC(NCc2cnn(-c3ccccc3)n2)CC1. The van der Waals surface area contributed by atoms with Gasteiger partial charge in [-0.1, -0.05) is 18.2 Å². The van der Waals surface area contributed by atoms with Gasteiger partial charge in [-0.3, -0.25) is 0 Å². The molecule has 0 aliphatic heterocycles. The number of hydrogen-bond donors (Lipinski definition) is 2. The van der Waals surface area contributed by atoms with Crippen LogP contribution >= 0.6 is 0 Å². The molecule has 1 aliphatic carbocycles. The van der Waals surface area contributed by atoms with E-state index in [4.69, 9.17) is 5.73 Å². The third kappa shape index (κ3) is 3.23. The molecule has 1 aromatic heterocycles. The molecule has 1 heterocycles. The smallest absolute Gasteiger partial charge is 0.0969 e. The molecule has 0 bridgehead atoms. The molecule has 0 atom stereocenters. The Morgan fingerprint density at radius 2 is 1.90 bits per heavy atom. The highest BCUT2D eigenvalue weighted by molar-refractivity contribution is 5.28. The van der Waals surface area contributed by atoms with Crippen molar-refractivity contribution in [3.63, 3.8) is 0 Å². The zero-order valence-electron chi connectivity index (χ0n) is 11.6. The minimum Gasteiger partial charge on any atom is -0.328 e. The Balaban J connectivity index is 1.55. The Bertz CT molecular complexity index is 528. The molecule has 0 spiro atoms. The van der Waals surface area contributed by atoms with E-state index in [0.29, 0.717) is 12.1 Å². The first-order valence-corrected chi connectivity index (χ1v) is 7.27. The molecule has 0 amide bonds. The summed E-state index contributed by atoms with van der Waals surface area (Å²) in [5.41, 5.74) is 7.88. The Labute approximate surface area is 119 Å². The molecular formula is C15H21N5. The monoisotopic (exact) mass is 271 g/mol. The van der Waals surface area contributed by atoms with Crippen molar-refractivity contribution in [3.05, 3.63) is 42.2 Å². The maximum absolute atomic E-state index is 5.92. The van der Waals surface area contributed by atoms with E-state index in [0.717, 1.165) is 43.6 Å². The van der Waals surface area contributed by atoms with Crippen LogP contribution in [0.2, 0.25) is 0 Å². The predicted molar refractivity (Wildman–Crippen MR) is 78.4 cm³/mol. The van der Waals surface area contributed by atoms with Crippen LogP contribution in [0, 0.1) is 0 Å². The van der Waals surface area contributed by atoms with Crippen molar-refractivity contribution in [1.29, 1.82) is 0 Å². The summed E-state index contributed by atoms with van der Waals surface area (Å²) in [5, 5.41) is 12.4. The Hall–Kier alpha value is -1.72. The second-order valence-corrected chi connectivity index (χ2v) is 5.45. The van der Waals surface area contributed by atoms with Crippen molar-refractivity contribution in [3.8, 4) is 5.69 Å². The van der Waals surface area contributed by atoms with Gasteiger partial charge in [0.15, 0.2) is 0 Å². The fraction of sp³-hybridized carbons (Fsp3) is 0.467. The van der Waals surface area contributed by atoms with E-state index in [9.17, 15) is 0 Å². The van der Waals surface area contributed by atoms with Crippen LogP contribution in [0.25, 0.3) is 5.69 Å². The van der Waals surface area contributed by atoms with Crippen LogP contribution in [0.1, 0.15) is 31.4 Å². The van der Waals surface area contributed by atoms with Gasteiger partial charge in [0.2, 0.25) is 0 Å². The number of nitrogens with two attached hydrogens (primary N) is 1. The first kappa shape index (κ1) is 13.3. The van der Waals surface area contributed by atoms with Crippen molar-refractivity contribution >= 4 is 0 Å². The summed E-state index contributed by atoms with van der Waals surface area (Å²) in [5.74, 6) is 0. The molecule has 20 heavy (non-hydrogen) atoms. The van der Waals surface area contributed by atoms with E-state index < -0.39 is 0 Å². The molecule has 5 heteroatoms. The average molecular weight is 271 g/mol. The first-order chi connectivity index (χ1) is 9.81. The second-order valence-electron chi connectivity index (χ2n) is 5.45. The number of para-hydroxylation sites is 1. The van der Waals surface area contributed by atoms with Gasteiger partial charge in [0.05, 0.1) is 17.6 Å². The maximum atomic E-state index is 5.92. The molecule has 1 fully saturated rings. The van der Waals surface area contributed by atoms with Gasteiger partial charge in [-0.05, 0) is 37.8 Å². The molecule has 1 aliphatic rings. The number of nitrogens with zero attached hydrogens (tertiary/aromatic N) is 3. The van der Waals surface area contributed by atoms with Crippen LogP contribution in [-0.2, 0) is 6.54 Å². The number of benzene rings is 1. The maximum Gasteiger partial charge on any atom is 0.0969 e. The zero-order chi connectivity index (χ0) is 13.8. The lowest BCUT2D eigenvalue weighted by molar-refractivity contribution is 0.340. The summed E-state index contributed by atoms with van der Waals surface area (Å²) in [4.78, 5) is 1.67. The van der Waals surface area contributed by atoms with Gasteiger partial charge in [0.1, 0.15) is 0 Å². The largest absolute Gasteiger partial charge is 0.328 e. The number of rotatable bonds is 4. The lowest BCUT2D eigenvalue weighted by Crippen LogP contribution is -2.37. The van der Waals surface area contributed by atoms with Crippen molar-refractivity contribution in [2.24, 2.45) is 5.73 Å². The van der Waals surface area contributed by atoms with Crippen LogP contribution in [0.15, 0.2) is 36.5 Å². The van der Waals surface area contributed by atoms with Gasteiger partial charge < -0.3 is 11.1 Å². The average Bonchev–Trinajstić information content (AvgIpc) is 2.97. The van der Waals surface area contributed by atoms with Gasteiger partial charge >= 0.3 is 0 Å². The van der Waals surface area contributed by atoms with E-state index in [-0.39, 0.29) is 0 Å². The molecule has 106 valence electrons. The van der Waals surface area contributed by atoms with Crippen LogP contribution < -0.4 is 11.1 Å². The summed E-state index contributed by atoms with van der Waals surface area (Å²) in [7, 11) is 0. The quantitative estimate of drug-likeness (QED) is 0.886. The van der Waals surface area contributed by atoms with Crippen LogP contribution in [0.3, 0.4) is 0 Å². The lowest BCUT2D eigenvalue weighted by atomic mass is 9.92. The molecule has 2 aromatic rings. The van der Waals surface area contributed by atoms with Gasteiger partial charge in [0.25, 0.3) is 0 Å². The van der Waals surface area contributed by atoms with Crippen molar-refractivity contribution in [2.75, 3.05) is 0 Å². The molecule has 0 unspecified atom stereocenters. The van der Waals surface area contributed by atoms with Crippen LogP contribution in [-0.4, -0.2) is 27.1 Å². The van der Waals surface area contributed by atoms with Gasteiger partial charge in [-0.25, -0.2) is 0 Å².